The van der Waals surface area contributed by atoms with E-state index in [-0.39, 0.29) is 29.8 Å². The summed E-state index contributed by atoms with van der Waals surface area (Å²) in [6.07, 6.45) is 0.235. The van der Waals surface area contributed by atoms with Crippen molar-refractivity contribution in [1.82, 2.24) is 30.2 Å². The minimum atomic E-state index is -2.79. The van der Waals surface area contributed by atoms with Gasteiger partial charge in [0.1, 0.15) is 17.5 Å². The first-order valence-corrected chi connectivity index (χ1v) is 14.5. The van der Waals surface area contributed by atoms with E-state index in [9.17, 15) is 18.0 Å². The fourth-order valence-corrected chi connectivity index (χ4v) is 5.57. The van der Waals surface area contributed by atoms with Gasteiger partial charge in [0, 0.05) is 37.8 Å². The predicted molar refractivity (Wildman–Crippen MR) is 156 cm³/mol. The smallest absolute Gasteiger partial charge is 0.315 e. The van der Waals surface area contributed by atoms with Gasteiger partial charge in [-0.05, 0) is 55.5 Å². The summed E-state index contributed by atoms with van der Waals surface area (Å²) in [5.41, 5.74) is 1.82. The number of hydrogen-bond acceptors (Lipinski definition) is 7. The number of ether oxygens (including phenoxy) is 1. The molecule has 3 heterocycles. The van der Waals surface area contributed by atoms with Crippen LogP contribution in [0.15, 0.2) is 54.6 Å². The Morgan fingerprint density at radius 1 is 0.930 bits per heavy atom. The highest BCUT2D eigenvalue weighted by Crippen LogP contribution is 2.30. The van der Waals surface area contributed by atoms with Crippen molar-refractivity contribution in [3.8, 4) is 5.82 Å². The van der Waals surface area contributed by atoms with Crippen LogP contribution in [0.4, 0.5) is 29.7 Å². The number of benzene rings is 2. The Balaban J connectivity index is 1.15. The average molecular weight is 595 g/mol. The van der Waals surface area contributed by atoms with Gasteiger partial charge in [-0.1, -0.05) is 24.3 Å². The highest BCUT2D eigenvalue weighted by atomic mass is 19.3. The molecule has 0 spiro atoms. The third-order valence-corrected chi connectivity index (χ3v) is 7.81. The Morgan fingerprint density at radius 2 is 1.63 bits per heavy atom. The Bertz CT molecular complexity index is 1550. The van der Waals surface area contributed by atoms with Crippen LogP contribution in [-0.4, -0.2) is 63.9 Å². The topological polar surface area (TPSA) is 109 Å². The van der Waals surface area contributed by atoms with Crippen molar-refractivity contribution in [2.24, 2.45) is 0 Å². The number of rotatable bonds is 8. The van der Waals surface area contributed by atoms with Gasteiger partial charge in [-0.3, -0.25) is 4.57 Å². The fourth-order valence-electron chi connectivity index (χ4n) is 5.57. The van der Waals surface area contributed by atoms with Gasteiger partial charge in [0.2, 0.25) is 5.95 Å². The number of imidazole rings is 1. The molecule has 2 fully saturated rings. The van der Waals surface area contributed by atoms with Gasteiger partial charge >= 0.3 is 6.03 Å². The highest BCUT2D eigenvalue weighted by molar-refractivity contribution is 5.78. The molecule has 1 aliphatic heterocycles. The van der Waals surface area contributed by atoms with Gasteiger partial charge in [-0.15, -0.1) is 0 Å². The summed E-state index contributed by atoms with van der Waals surface area (Å²) in [4.78, 5) is 28.1. The molecule has 2 aromatic heterocycles. The maximum atomic E-state index is 14.1. The number of urea groups is 1. The first-order chi connectivity index (χ1) is 20.9. The molecule has 0 atom stereocenters. The van der Waals surface area contributed by atoms with E-state index in [0.717, 1.165) is 31.2 Å². The van der Waals surface area contributed by atoms with Crippen LogP contribution in [0.1, 0.15) is 43.5 Å². The lowest BCUT2D eigenvalue weighted by Gasteiger charge is -2.31. The van der Waals surface area contributed by atoms with E-state index in [0.29, 0.717) is 61.5 Å². The lowest BCUT2D eigenvalue weighted by Crippen LogP contribution is -2.44. The Hall–Kier alpha value is -4.39. The lowest BCUT2D eigenvalue weighted by molar-refractivity contribution is 0.122. The van der Waals surface area contributed by atoms with Crippen molar-refractivity contribution in [3.05, 3.63) is 71.8 Å². The summed E-state index contributed by atoms with van der Waals surface area (Å²) in [7, 11) is 0. The molecule has 10 nitrogen and oxygen atoms in total. The first kappa shape index (κ1) is 28.7. The fraction of sp³-hybridized carbons (Fsp3) is 0.400. The number of anilines is 2. The van der Waals surface area contributed by atoms with Gasteiger partial charge in [0.05, 0.1) is 24.2 Å². The summed E-state index contributed by atoms with van der Waals surface area (Å²) in [6, 6.07) is 14.5. The standard InChI is InChI=1S/C30H33F3N8O2/c31-20-7-5-19(6-8-20)18-34-30(42)36-22-11-9-21(10-12-22)35-29-38-25(40-13-15-43-16-14-40)17-26(39-29)41-24-4-2-1-3-23(24)37-28(41)27(32)33/h1-8,17,21-22,27H,9-16,18H2,(H2,34,36,42)(H,35,38,39). The predicted octanol–water partition coefficient (Wildman–Crippen LogP) is 4.95. The van der Waals surface area contributed by atoms with Crippen molar-refractivity contribution in [2.75, 3.05) is 36.5 Å². The molecule has 2 aliphatic rings. The monoisotopic (exact) mass is 594 g/mol. The molecule has 2 aromatic carbocycles. The molecule has 0 bridgehead atoms. The number of amides is 2. The van der Waals surface area contributed by atoms with Gasteiger partial charge < -0.3 is 25.6 Å². The third-order valence-electron chi connectivity index (χ3n) is 7.81. The molecule has 1 saturated carbocycles. The molecule has 226 valence electrons. The number of carbonyl (C=O) groups is 1. The molecule has 2 amide bonds. The van der Waals surface area contributed by atoms with E-state index in [1.165, 1.54) is 16.7 Å². The number of nitrogens with one attached hydrogen (secondary N) is 3. The quantitative estimate of drug-likeness (QED) is 0.265. The Kier molecular flexibility index (Phi) is 8.59. The third kappa shape index (κ3) is 6.82. The van der Waals surface area contributed by atoms with Gasteiger partial charge in [-0.25, -0.2) is 22.9 Å². The van der Waals surface area contributed by atoms with Crippen LogP contribution >= 0.6 is 0 Å². The molecular formula is C30H33F3N8O2. The second-order valence-corrected chi connectivity index (χ2v) is 10.7. The van der Waals surface area contributed by atoms with Gasteiger partial charge in [0.15, 0.2) is 5.82 Å². The summed E-state index contributed by atoms with van der Waals surface area (Å²) in [6.45, 7) is 2.66. The highest BCUT2D eigenvalue weighted by Gasteiger charge is 2.26. The van der Waals surface area contributed by atoms with E-state index in [2.05, 4.69) is 25.8 Å². The van der Waals surface area contributed by atoms with Crippen LogP contribution in [0, 0.1) is 5.82 Å². The number of hydrogen-bond donors (Lipinski definition) is 3. The van der Waals surface area contributed by atoms with Crippen LogP contribution in [-0.2, 0) is 11.3 Å². The molecule has 6 rings (SSSR count). The average Bonchev–Trinajstić information content (AvgIpc) is 3.42. The van der Waals surface area contributed by atoms with Gasteiger partial charge in [-0.2, -0.15) is 9.97 Å². The van der Waals surface area contributed by atoms with Crippen molar-refractivity contribution < 1.29 is 22.7 Å². The number of fused-ring (bicyclic) bond motifs is 1. The van der Waals surface area contributed by atoms with E-state index < -0.39 is 6.43 Å². The van der Waals surface area contributed by atoms with Gasteiger partial charge in [0.25, 0.3) is 6.43 Å². The maximum absolute atomic E-state index is 14.1. The number of morpholine rings is 1. The number of halogens is 3. The van der Waals surface area contributed by atoms with Crippen LogP contribution < -0.4 is 20.9 Å². The number of nitrogens with zero attached hydrogens (tertiary/aromatic N) is 5. The minimum absolute atomic E-state index is 0.00773. The molecule has 4 aromatic rings. The summed E-state index contributed by atoms with van der Waals surface area (Å²) >= 11 is 0. The minimum Gasteiger partial charge on any atom is -0.378 e. The van der Waals surface area contributed by atoms with Crippen molar-refractivity contribution in [3.63, 3.8) is 0 Å². The number of aromatic nitrogens is 4. The van der Waals surface area contributed by atoms with Crippen molar-refractivity contribution in [2.45, 2.75) is 50.7 Å². The zero-order chi connectivity index (χ0) is 29.8. The van der Waals surface area contributed by atoms with Crippen molar-refractivity contribution >= 4 is 28.8 Å². The molecule has 0 unspecified atom stereocenters. The Morgan fingerprint density at radius 3 is 2.37 bits per heavy atom. The molecule has 13 heteroatoms. The summed E-state index contributed by atoms with van der Waals surface area (Å²) in [5.74, 6) is 0.604. The molecule has 1 saturated heterocycles. The molecule has 0 radical (unpaired) electrons. The molecular weight excluding hydrogens is 561 g/mol. The normalized spacial score (nSPS) is 19.0. The largest absolute Gasteiger partial charge is 0.378 e. The molecule has 1 aliphatic carbocycles. The van der Waals surface area contributed by atoms with Crippen LogP contribution in [0.25, 0.3) is 16.9 Å². The SMILES string of the molecule is O=C(NCc1ccc(F)cc1)NC1CCC(Nc2nc(N3CCOCC3)cc(-n3c(C(F)F)nc4ccccc43)n2)CC1. The summed E-state index contributed by atoms with van der Waals surface area (Å²) < 4.78 is 48.3. The van der Waals surface area contributed by atoms with Crippen LogP contribution in [0.3, 0.4) is 0 Å². The number of para-hydroxylation sites is 2. The van der Waals surface area contributed by atoms with Crippen LogP contribution in [0.5, 0.6) is 0 Å². The van der Waals surface area contributed by atoms with E-state index in [1.807, 2.05) is 0 Å². The van der Waals surface area contributed by atoms with Crippen molar-refractivity contribution in [1.29, 1.82) is 0 Å². The number of carbonyl (C=O) groups excluding carboxylic acids is 1. The van der Waals surface area contributed by atoms with E-state index in [4.69, 9.17) is 14.7 Å². The molecule has 3 N–H and O–H groups in total. The zero-order valence-electron chi connectivity index (χ0n) is 23.5. The number of alkyl halides is 2. The summed E-state index contributed by atoms with van der Waals surface area (Å²) in [5, 5.41) is 9.26. The van der Waals surface area contributed by atoms with Crippen LogP contribution in [0.2, 0.25) is 0 Å². The Labute approximate surface area is 246 Å². The van der Waals surface area contributed by atoms with E-state index in [1.54, 1.807) is 42.5 Å². The second-order valence-electron chi connectivity index (χ2n) is 10.7. The lowest BCUT2D eigenvalue weighted by atomic mass is 9.91. The zero-order valence-corrected chi connectivity index (χ0v) is 23.5. The van der Waals surface area contributed by atoms with E-state index >= 15 is 0 Å². The molecule has 43 heavy (non-hydrogen) atoms. The second kappa shape index (κ2) is 12.9. The maximum Gasteiger partial charge on any atom is 0.315 e. The first-order valence-electron chi connectivity index (χ1n) is 14.5.